The third kappa shape index (κ3) is 3.57. The van der Waals surface area contributed by atoms with Gasteiger partial charge in [-0.2, -0.15) is 0 Å². The largest absolute Gasteiger partial charge is 0.464 e. The number of rotatable bonds is 4. The molecular formula is C16H21NO5. The highest BCUT2D eigenvalue weighted by Crippen LogP contribution is 2.25. The molecule has 1 aromatic rings. The van der Waals surface area contributed by atoms with Gasteiger partial charge < -0.3 is 14.6 Å². The van der Waals surface area contributed by atoms with Crippen LogP contribution in [-0.4, -0.2) is 47.4 Å². The maximum Gasteiger partial charge on any atom is 0.410 e. The molecule has 1 aliphatic heterocycles. The molecule has 0 aromatic heterocycles. The van der Waals surface area contributed by atoms with Gasteiger partial charge in [-0.25, -0.2) is 9.59 Å². The number of carbonyl (C=O) groups is 2. The number of aliphatic hydroxyl groups is 1. The van der Waals surface area contributed by atoms with E-state index in [1.54, 1.807) is 13.8 Å². The molecule has 1 fully saturated rings. The van der Waals surface area contributed by atoms with Gasteiger partial charge in [-0.05, 0) is 12.5 Å². The molecule has 6 heteroatoms. The van der Waals surface area contributed by atoms with E-state index in [-0.39, 0.29) is 25.7 Å². The van der Waals surface area contributed by atoms with E-state index >= 15 is 0 Å². The molecule has 120 valence electrons. The predicted molar refractivity (Wildman–Crippen MR) is 78.9 cm³/mol. The maximum absolute atomic E-state index is 12.2. The summed E-state index contributed by atoms with van der Waals surface area (Å²) in [6.45, 7) is 4.04. The summed E-state index contributed by atoms with van der Waals surface area (Å²) in [5, 5.41) is 10.1. The van der Waals surface area contributed by atoms with Crippen LogP contribution in [0.3, 0.4) is 0 Å². The first-order valence-corrected chi connectivity index (χ1v) is 7.36. The van der Waals surface area contributed by atoms with Crippen molar-refractivity contribution in [1.29, 1.82) is 0 Å². The number of amides is 1. The maximum atomic E-state index is 12.2. The van der Waals surface area contributed by atoms with Crippen molar-refractivity contribution in [3.8, 4) is 0 Å². The Morgan fingerprint density at radius 3 is 2.59 bits per heavy atom. The number of nitrogens with zero attached hydrogens (tertiary/aromatic N) is 1. The molecule has 0 saturated carbocycles. The minimum atomic E-state index is -1.00. The number of benzene rings is 1. The molecule has 1 N–H and O–H groups in total. The lowest BCUT2D eigenvalue weighted by atomic mass is 10.0. The zero-order valence-corrected chi connectivity index (χ0v) is 12.8. The summed E-state index contributed by atoms with van der Waals surface area (Å²) in [5.41, 5.74) is 0.858. The average Bonchev–Trinajstić information content (AvgIpc) is 2.82. The topological polar surface area (TPSA) is 76.1 Å². The fraction of sp³-hybridized carbons (Fsp3) is 0.500. The molecule has 1 heterocycles. The van der Waals surface area contributed by atoms with Crippen LogP contribution in [0.25, 0.3) is 0 Å². The van der Waals surface area contributed by atoms with Crippen molar-refractivity contribution in [1.82, 2.24) is 4.90 Å². The van der Waals surface area contributed by atoms with E-state index in [4.69, 9.17) is 9.47 Å². The van der Waals surface area contributed by atoms with Crippen molar-refractivity contribution in [3.05, 3.63) is 35.9 Å². The summed E-state index contributed by atoms with van der Waals surface area (Å²) in [6, 6.07) is 8.27. The van der Waals surface area contributed by atoms with E-state index in [0.717, 1.165) is 5.56 Å². The van der Waals surface area contributed by atoms with Crippen LogP contribution in [0.4, 0.5) is 4.79 Å². The second-order valence-corrected chi connectivity index (χ2v) is 5.36. The third-order valence-electron chi connectivity index (χ3n) is 3.69. The van der Waals surface area contributed by atoms with Crippen molar-refractivity contribution in [2.45, 2.75) is 32.6 Å². The number of esters is 1. The first-order valence-electron chi connectivity index (χ1n) is 7.36. The Labute approximate surface area is 129 Å². The smallest absolute Gasteiger partial charge is 0.410 e. The van der Waals surface area contributed by atoms with E-state index in [2.05, 4.69) is 0 Å². The standard InChI is InChI=1S/C16H21NO5/c1-3-21-15(19)13-14(18)11(2)9-17(13)16(20)22-10-12-7-5-4-6-8-12/h4-8,11,13-14,18H,3,9-10H2,1-2H3/t11-,13+,14+/m0/s1. The Morgan fingerprint density at radius 2 is 1.95 bits per heavy atom. The minimum absolute atomic E-state index is 0.121. The quantitative estimate of drug-likeness (QED) is 0.855. The Bertz CT molecular complexity index is 519. The predicted octanol–water partition coefficient (Wildman–Crippen LogP) is 1.57. The van der Waals surface area contributed by atoms with E-state index < -0.39 is 24.2 Å². The van der Waals surface area contributed by atoms with E-state index in [0.29, 0.717) is 0 Å². The highest BCUT2D eigenvalue weighted by Gasteiger charge is 2.46. The van der Waals surface area contributed by atoms with Crippen molar-refractivity contribution >= 4 is 12.1 Å². The van der Waals surface area contributed by atoms with Crippen LogP contribution < -0.4 is 0 Å². The minimum Gasteiger partial charge on any atom is -0.464 e. The number of likely N-dealkylation sites (tertiary alicyclic amines) is 1. The van der Waals surface area contributed by atoms with Gasteiger partial charge in [-0.3, -0.25) is 4.90 Å². The summed E-state index contributed by atoms with van der Waals surface area (Å²) >= 11 is 0. The molecule has 1 saturated heterocycles. The second-order valence-electron chi connectivity index (χ2n) is 5.36. The molecule has 0 unspecified atom stereocenters. The zero-order chi connectivity index (χ0) is 16.1. The van der Waals surface area contributed by atoms with E-state index in [1.807, 2.05) is 30.3 Å². The lowest BCUT2D eigenvalue weighted by molar-refractivity contribution is -0.151. The Balaban J connectivity index is 2.01. The number of hydrogen-bond donors (Lipinski definition) is 1. The number of ether oxygens (including phenoxy) is 2. The zero-order valence-electron chi connectivity index (χ0n) is 12.8. The van der Waals surface area contributed by atoms with Gasteiger partial charge >= 0.3 is 12.1 Å². The second kappa shape index (κ2) is 7.26. The lowest BCUT2D eigenvalue weighted by Gasteiger charge is -2.23. The van der Waals surface area contributed by atoms with Crippen molar-refractivity contribution < 1.29 is 24.2 Å². The van der Waals surface area contributed by atoms with Gasteiger partial charge in [0.15, 0.2) is 6.04 Å². The van der Waals surface area contributed by atoms with Gasteiger partial charge in [0, 0.05) is 12.5 Å². The SMILES string of the molecule is CCOC(=O)[C@H]1[C@H](O)[C@@H](C)CN1C(=O)OCc1ccccc1. The van der Waals surface area contributed by atoms with Crippen LogP contribution in [0.15, 0.2) is 30.3 Å². The van der Waals surface area contributed by atoms with Gasteiger partial charge in [0.25, 0.3) is 0 Å². The van der Waals surface area contributed by atoms with Crippen LogP contribution in [0.5, 0.6) is 0 Å². The third-order valence-corrected chi connectivity index (χ3v) is 3.69. The van der Waals surface area contributed by atoms with Gasteiger partial charge in [-0.1, -0.05) is 37.3 Å². The van der Waals surface area contributed by atoms with E-state index in [9.17, 15) is 14.7 Å². The summed E-state index contributed by atoms with van der Waals surface area (Å²) in [6.07, 6.45) is -1.56. The van der Waals surface area contributed by atoms with Crippen LogP contribution in [0, 0.1) is 5.92 Å². The Kier molecular flexibility index (Phi) is 5.38. The Morgan fingerprint density at radius 1 is 1.27 bits per heavy atom. The molecule has 0 aliphatic carbocycles. The molecule has 1 amide bonds. The summed E-state index contributed by atoms with van der Waals surface area (Å²) in [7, 11) is 0. The van der Waals surface area contributed by atoms with Crippen molar-refractivity contribution in [2.24, 2.45) is 5.92 Å². The fourth-order valence-electron chi connectivity index (χ4n) is 2.51. The summed E-state index contributed by atoms with van der Waals surface area (Å²) < 4.78 is 10.2. The molecule has 0 spiro atoms. The molecule has 6 nitrogen and oxygen atoms in total. The number of carbonyl (C=O) groups excluding carboxylic acids is 2. The lowest BCUT2D eigenvalue weighted by Crippen LogP contribution is -2.46. The van der Waals surface area contributed by atoms with Crippen molar-refractivity contribution in [2.75, 3.05) is 13.2 Å². The monoisotopic (exact) mass is 307 g/mol. The van der Waals surface area contributed by atoms with Crippen LogP contribution in [0.1, 0.15) is 19.4 Å². The molecular weight excluding hydrogens is 286 g/mol. The first kappa shape index (κ1) is 16.3. The highest BCUT2D eigenvalue weighted by molar-refractivity contribution is 5.83. The normalized spacial score (nSPS) is 24.1. The van der Waals surface area contributed by atoms with Gasteiger partial charge in [0.1, 0.15) is 6.61 Å². The van der Waals surface area contributed by atoms with Crippen LogP contribution in [0.2, 0.25) is 0 Å². The van der Waals surface area contributed by atoms with Gasteiger partial charge in [0.2, 0.25) is 0 Å². The van der Waals surface area contributed by atoms with Gasteiger partial charge in [0.05, 0.1) is 12.7 Å². The van der Waals surface area contributed by atoms with Crippen LogP contribution >= 0.6 is 0 Å². The molecule has 0 radical (unpaired) electrons. The molecule has 3 atom stereocenters. The summed E-state index contributed by atoms with van der Waals surface area (Å²) in [5.74, 6) is -0.810. The number of aliphatic hydroxyl groups excluding tert-OH is 1. The van der Waals surface area contributed by atoms with E-state index in [1.165, 1.54) is 4.90 Å². The van der Waals surface area contributed by atoms with Crippen LogP contribution in [-0.2, 0) is 20.9 Å². The molecule has 1 aromatic carbocycles. The molecule has 22 heavy (non-hydrogen) atoms. The molecule has 0 bridgehead atoms. The highest BCUT2D eigenvalue weighted by atomic mass is 16.6. The summed E-state index contributed by atoms with van der Waals surface area (Å²) in [4.78, 5) is 25.4. The average molecular weight is 307 g/mol. The van der Waals surface area contributed by atoms with Crippen molar-refractivity contribution in [3.63, 3.8) is 0 Å². The molecule has 1 aliphatic rings. The first-order chi connectivity index (χ1) is 10.5. The molecule has 2 rings (SSSR count). The number of hydrogen-bond acceptors (Lipinski definition) is 5. The van der Waals surface area contributed by atoms with Gasteiger partial charge in [-0.15, -0.1) is 0 Å². The fourth-order valence-corrected chi connectivity index (χ4v) is 2.51. The Hall–Kier alpha value is -2.08.